The van der Waals surface area contributed by atoms with Crippen molar-refractivity contribution in [2.45, 2.75) is 25.9 Å². The first-order chi connectivity index (χ1) is 7.14. The highest BCUT2D eigenvalue weighted by Crippen LogP contribution is 2.19. The van der Waals surface area contributed by atoms with E-state index in [2.05, 4.69) is 10.3 Å². The number of benzene rings is 1. The average molecular weight is 202 g/mol. The minimum absolute atomic E-state index is 0.0782. The summed E-state index contributed by atoms with van der Waals surface area (Å²) in [5.74, 6) is -0.0782. The van der Waals surface area contributed by atoms with E-state index in [9.17, 15) is 4.79 Å². The first-order valence-electron chi connectivity index (χ1n) is 5.12. The fourth-order valence-electron chi connectivity index (χ4n) is 1.59. The Morgan fingerprint density at radius 1 is 1.33 bits per heavy atom. The third-order valence-corrected chi connectivity index (χ3v) is 2.69. The van der Waals surface area contributed by atoms with Crippen molar-refractivity contribution in [1.82, 2.24) is 5.32 Å². The van der Waals surface area contributed by atoms with Crippen LogP contribution < -0.4 is 5.32 Å². The van der Waals surface area contributed by atoms with Crippen molar-refractivity contribution in [3.8, 4) is 0 Å². The van der Waals surface area contributed by atoms with E-state index in [0.717, 1.165) is 12.0 Å². The number of hydrogen-bond donors (Lipinski definition) is 1. The van der Waals surface area contributed by atoms with Crippen LogP contribution in [0.4, 0.5) is 0 Å². The third kappa shape index (κ3) is 1.77. The van der Waals surface area contributed by atoms with Crippen molar-refractivity contribution in [1.29, 1.82) is 0 Å². The Kier molecular flexibility index (Phi) is 2.31. The highest BCUT2D eigenvalue weighted by Gasteiger charge is 2.33. The molecule has 3 nitrogen and oxygen atoms in total. The Balaban J connectivity index is 2.39. The summed E-state index contributed by atoms with van der Waals surface area (Å²) in [5.41, 5.74) is 0.995. The van der Waals surface area contributed by atoms with Crippen molar-refractivity contribution in [2.24, 2.45) is 4.99 Å². The van der Waals surface area contributed by atoms with Crippen LogP contribution in [0.15, 0.2) is 35.3 Å². The summed E-state index contributed by atoms with van der Waals surface area (Å²) >= 11 is 0. The molecule has 1 N–H and O–H groups in total. The molecule has 15 heavy (non-hydrogen) atoms. The van der Waals surface area contributed by atoms with Gasteiger partial charge < -0.3 is 5.32 Å². The predicted molar refractivity (Wildman–Crippen MR) is 59.8 cm³/mol. The number of hydrogen-bond acceptors (Lipinski definition) is 2. The first kappa shape index (κ1) is 9.90. The van der Waals surface area contributed by atoms with Crippen molar-refractivity contribution in [3.05, 3.63) is 35.9 Å². The quantitative estimate of drug-likeness (QED) is 0.779. The first-order valence-corrected chi connectivity index (χ1v) is 5.12. The second kappa shape index (κ2) is 3.50. The standard InChI is InChI=1S/C12H14N2O/c1-3-12(2)13-10(11(15)14-12)9-7-5-4-6-8-9/h4-8H,3H2,1-2H3,(H,14,15)/t12-/m0/s1. The van der Waals surface area contributed by atoms with Crippen molar-refractivity contribution in [2.75, 3.05) is 0 Å². The highest BCUT2D eigenvalue weighted by atomic mass is 16.2. The molecule has 0 saturated carbocycles. The molecular formula is C12H14N2O. The van der Waals surface area contributed by atoms with Gasteiger partial charge in [-0.3, -0.25) is 9.79 Å². The second-order valence-corrected chi connectivity index (χ2v) is 3.91. The summed E-state index contributed by atoms with van der Waals surface area (Å²) in [4.78, 5) is 16.2. The maximum atomic E-state index is 11.7. The van der Waals surface area contributed by atoms with Gasteiger partial charge in [0.15, 0.2) is 0 Å². The molecule has 3 heteroatoms. The Bertz CT molecular complexity index is 411. The summed E-state index contributed by atoms with van der Waals surface area (Å²) in [7, 11) is 0. The zero-order valence-electron chi connectivity index (χ0n) is 8.95. The Morgan fingerprint density at radius 2 is 2.00 bits per heavy atom. The number of carbonyl (C=O) groups is 1. The number of amides is 1. The van der Waals surface area contributed by atoms with Crippen LogP contribution in [-0.4, -0.2) is 17.3 Å². The fraction of sp³-hybridized carbons (Fsp3) is 0.333. The molecule has 1 aliphatic heterocycles. The number of nitrogens with zero attached hydrogens (tertiary/aromatic N) is 1. The van der Waals surface area contributed by atoms with E-state index in [1.165, 1.54) is 0 Å². The van der Waals surface area contributed by atoms with E-state index in [0.29, 0.717) is 5.71 Å². The molecule has 0 unspecified atom stereocenters. The molecule has 1 aromatic carbocycles. The van der Waals surface area contributed by atoms with Gasteiger partial charge in [0.1, 0.15) is 11.4 Å². The van der Waals surface area contributed by atoms with Crippen LogP contribution in [0.3, 0.4) is 0 Å². The molecule has 1 heterocycles. The summed E-state index contributed by atoms with van der Waals surface area (Å²) < 4.78 is 0. The van der Waals surface area contributed by atoms with Crippen LogP contribution in [0.25, 0.3) is 0 Å². The third-order valence-electron chi connectivity index (χ3n) is 2.69. The average Bonchev–Trinajstić information content (AvgIpc) is 2.57. The van der Waals surface area contributed by atoms with Crippen LogP contribution >= 0.6 is 0 Å². The molecule has 1 aliphatic rings. The Hall–Kier alpha value is -1.64. The minimum Gasteiger partial charge on any atom is -0.327 e. The molecule has 0 aliphatic carbocycles. The molecule has 0 fully saturated rings. The normalized spacial score (nSPS) is 24.9. The van der Waals surface area contributed by atoms with Gasteiger partial charge in [0.25, 0.3) is 5.91 Å². The van der Waals surface area contributed by atoms with Gasteiger partial charge >= 0.3 is 0 Å². The molecule has 0 saturated heterocycles. The summed E-state index contributed by atoms with van der Waals surface area (Å²) in [6.07, 6.45) is 0.801. The van der Waals surface area contributed by atoms with Gasteiger partial charge in [-0.15, -0.1) is 0 Å². The summed E-state index contributed by atoms with van der Waals surface area (Å²) in [5, 5.41) is 2.89. The van der Waals surface area contributed by atoms with E-state index in [4.69, 9.17) is 0 Å². The molecule has 0 aromatic heterocycles. The maximum absolute atomic E-state index is 11.7. The maximum Gasteiger partial charge on any atom is 0.272 e. The zero-order chi connectivity index (χ0) is 10.9. The van der Waals surface area contributed by atoms with Crippen LogP contribution in [0.2, 0.25) is 0 Å². The number of carbonyl (C=O) groups excluding carboxylic acids is 1. The lowest BCUT2D eigenvalue weighted by molar-refractivity contribution is -0.115. The largest absolute Gasteiger partial charge is 0.327 e. The molecule has 1 amide bonds. The summed E-state index contributed by atoms with van der Waals surface area (Å²) in [6, 6.07) is 9.55. The molecule has 78 valence electrons. The molecule has 2 rings (SSSR count). The van der Waals surface area contributed by atoms with Crippen LogP contribution in [0, 0.1) is 0 Å². The molecule has 0 spiro atoms. The number of aliphatic imine (C=N–C) groups is 1. The molecule has 1 aromatic rings. The zero-order valence-corrected chi connectivity index (χ0v) is 8.95. The van der Waals surface area contributed by atoms with E-state index < -0.39 is 5.66 Å². The van der Waals surface area contributed by atoms with Crippen LogP contribution in [0.1, 0.15) is 25.8 Å². The van der Waals surface area contributed by atoms with E-state index >= 15 is 0 Å². The predicted octanol–water partition coefficient (Wildman–Crippen LogP) is 1.73. The lowest BCUT2D eigenvalue weighted by Gasteiger charge is -2.17. The lowest BCUT2D eigenvalue weighted by Crippen LogP contribution is -2.39. The SMILES string of the molecule is CC[C@@]1(C)N=C(c2ccccc2)C(=O)N1. The second-order valence-electron chi connectivity index (χ2n) is 3.91. The van der Waals surface area contributed by atoms with Gasteiger partial charge in [0.2, 0.25) is 0 Å². The van der Waals surface area contributed by atoms with Crippen molar-refractivity contribution >= 4 is 11.6 Å². The van der Waals surface area contributed by atoms with Gasteiger partial charge in [0.05, 0.1) is 0 Å². The number of nitrogens with one attached hydrogen (secondary N) is 1. The lowest BCUT2D eigenvalue weighted by atomic mass is 10.1. The van der Waals surface area contributed by atoms with Crippen LogP contribution in [0.5, 0.6) is 0 Å². The van der Waals surface area contributed by atoms with Crippen molar-refractivity contribution in [3.63, 3.8) is 0 Å². The molecule has 0 radical (unpaired) electrons. The van der Waals surface area contributed by atoms with Gasteiger partial charge in [-0.1, -0.05) is 37.3 Å². The van der Waals surface area contributed by atoms with Crippen molar-refractivity contribution < 1.29 is 4.79 Å². The van der Waals surface area contributed by atoms with Gasteiger partial charge in [-0.2, -0.15) is 0 Å². The Morgan fingerprint density at radius 3 is 2.53 bits per heavy atom. The highest BCUT2D eigenvalue weighted by molar-refractivity contribution is 6.46. The smallest absolute Gasteiger partial charge is 0.272 e. The monoisotopic (exact) mass is 202 g/mol. The topological polar surface area (TPSA) is 41.5 Å². The molecule has 1 atom stereocenters. The van der Waals surface area contributed by atoms with Crippen LogP contribution in [-0.2, 0) is 4.79 Å². The van der Waals surface area contributed by atoms with Gasteiger partial charge in [0, 0.05) is 5.56 Å². The Labute approximate surface area is 89.2 Å². The van der Waals surface area contributed by atoms with Gasteiger partial charge in [-0.25, -0.2) is 0 Å². The minimum atomic E-state index is -0.428. The van der Waals surface area contributed by atoms with Gasteiger partial charge in [-0.05, 0) is 13.3 Å². The van der Waals surface area contributed by atoms with E-state index in [-0.39, 0.29) is 5.91 Å². The summed E-state index contributed by atoms with van der Waals surface area (Å²) in [6.45, 7) is 3.94. The molecule has 0 bridgehead atoms. The van der Waals surface area contributed by atoms with E-state index in [1.54, 1.807) is 0 Å². The molecular weight excluding hydrogens is 188 g/mol. The fourth-order valence-corrected chi connectivity index (χ4v) is 1.59. The number of rotatable bonds is 2. The van der Waals surface area contributed by atoms with E-state index in [1.807, 2.05) is 44.2 Å².